The van der Waals surface area contributed by atoms with Crippen LogP contribution in [-0.4, -0.2) is 25.8 Å². The molecule has 1 N–H and O–H groups in total. The minimum absolute atomic E-state index is 0.422. The molecule has 0 rings (SSSR count). The summed E-state index contributed by atoms with van der Waals surface area (Å²) in [5, 5.41) is 3.36. The van der Waals surface area contributed by atoms with Crippen LogP contribution in [0.4, 0.5) is 0 Å². The van der Waals surface area contributed by atoms with Gasteiger partial charge in [0.25, 0.3) is 0 Å². The minimum atomic E-state index is 0.422. The van der Waals surface area contributed by atoms with E-state index >= 15 is 0 Å². The summed E-state index contributed by atoms with van der Waals surface area (Å²) in [6.45, 7) is 11.7. The van der Waals surface area contributed by atoms with Crippen molar-refractivity contribution in [1.29, 1.82) is 0 Å². The number of hydrogen-bond donors (Lipinski definition) is 1. The highest BCUT2D eigenvalue weighted by molar-refractivity contribution is 4.52. The molecule has 0 heterocycles. The number of nitrogens with one attached hydrogen (secondary N) is 1. The first-order valence-corrected chi connectivity index (χ1v) is 5.49. The van der Waals surface area contributed by atoms with Crippen molar-refractivity contribution in [3.8, 4) is 0 Å². The Hall–Kier alpha value is -0.0800. The van der Waals surface area contributed by atoms with Crippen LogP contribution in [0.5, 0.6) is 0 Å². The van der Waals surface area contributed by atoms with E-state index in [4.69, 9.17) is 4.74 Å². The van der Waals surface area contributed by atoms with Crippen molar-refractivity contribution in [2.75, 3.05) is 19.7 Å². The number of rotatable bonds is 8. The Labute approximate surface area is 83.1 Å². The monoisotopic (exact) mass is 187 g/mol. The van der Waals surface area contributed by atoms with Gasteiger partial charge in [0.1, 0.15) is 0 Å². The first-order chi connectivity index (χ1) is 6.16. The molecule has 0 aromatic heterocycles. The molecule has 0 saturated heterocycles. The van der Waals surface area contributed by atoms with E-state index in [1.165, 1.54) is 12.8 Å². The second-order valence-electron chi connectivity index (χ2n) is 4.07. The summed E-state index contributed by atoms with van der Waals surface area (Å²) >= 11 is 0. The third kappa shape index (κ3) is 9.84. The van der Waals surface area contributed by atoms with Crippen LogP contribution in [0, 0.1) is 5.92 Å². The fourth-order valence-corrected chi connectivity index (χ4v) is 1.21. The van der Waals surface area contributed by atoms with E-state index in [2.05, 4.69) is 33.0 Å². The first-order valence-electron chi connectivity index (χ1n) is 5.49. The molecule has 80 valence electrons. The second-order valence-corrected chi connectivity index (χ2v) is 4.07. The molecule has 2 nitrogen and oxygen atoms in total. The zero-order valence-corrected chi connectivity index (χ0v) is 9.60. The molecule has 2 heteroatoms. The Balaban J connectivity index is 3.06. The van der Waals surface area contributed by atoms with Crippen molar-refractivity contribution in [2.24, 2.45) is 5.92 Å². The van der Waals surface area contributed by atoms with Crippen LogP contribution in [0.1, 0.15) is 40.5 Å². The Morgan fingerprint density at radius 2 is 1.92 bits per heavy atom. The average Bonchev–Trinajstić information content (AvgIpc) is 2.03. The van der Waals surface area contributed by atoms with Gasteiger partial charge < -0.3 is 10.1 Å². The van der Waals surface area contributed by atoms with Gasteiger partial charge in [0, 0.05) is 6.54 Å². The summed E-state index contributed by atoms with van der Waals surface area (Å²) in [6.07, 6.45) is 2.80. The van der Waals surface area contributed by atoms with Crippen molar-refractivity contribution in [2.45, 2.75) is 46.6 Å². The van der Waals surface area contributed by atoms with Crippen molar-refractivity contribution in [3.05, 3.63) is 0 Å². The summed E-state index contributed by atoms with van der Waals surface area (Å²) in [4.78, 5) is 0. The van der Waals surface area contributed by atoms with Crippen molar-refractivity contribution < 1.29 is 4.74 Å². The third-order valence-electron chi connectivity index (χ3n) is 1.93. The lowest BCUT2D eigenvalue weighted by molar-refractivity contribution is 0.0615. The normalized spacial score (nSPS) is 13.6. The van der Waals surface area contributed by atoms with Gasteiger partial charge in [-0.2, -0.15) is 0 Å². The molecule has 0 radical (unpaired) electrons. The predicted molar refractivity (Wildman–Crippen MR) is 58.0 cm³/mol. The lowest BCUT2D eigenvalue weighted by Crippen LogP contribution is -2.25. The standard InChI is InChI=1S/C11H25NO/c1-5-6-11(4)13-8-7-12-9-10(2)3/h10-12H,5-9H2,1-4H3. The maximum absolute atomic E-state index is 5.60. The SMILES string of the molecule is CCCC(C)OCCNCC(C)C. The summed E-state index contributed by atoms with van der Waals surface area (Å²) in [6, 6.07) is 0. The molecule has 0 aromatic rings. The molecule has 0 bridgehead atoms. The van der Waals surface area contributed by atoms with Crippen LogP contribution in [0.15, 0.2) is 0 Å². The van der Waals surface area contributed by atoms with Crippen LogP contribution in [0.2, 0.25) is 0 Å². The smallest absolute Gasteiger partial charge is 0.0594 e. The van der Waals surface area contributed by atoms with Gasteiger partial charge in [0.15, 0.2) is 0 Å². The van der Waals surface area contributed by atoms with E-state index in [1.807, 2.05) is 0 Å². The molecule has 13 heavy (non-hydrogen) atoms. The summed E-state index contributed by atoms with van der Waals surface area (Å²) < 4.78 is 5.60. The molecule has 1 atom stereocenters. The van der Waals surface area contributed by atoms with E-state index in [0.29, 0.717) is 6.10 Å². The fraction of sp³-hybridized carbons (Fsp3) is 1.00. The molecule has 0 aliphatic carbocycles. The highest BCUT2D eigenvalue weighted by atomic mass is 16.5. The minimum Gasteiger partial charge on any atom is -0.377 e. The van der Waals surface area contributed by atoms with Gasteiger partial charge in [-0.15, -0.1) is 0 Å². The quantitative estimate of drug-likeness (QED) is 0.589. The Bertz CT molecular complexity index is 104. The summed E-state index contributed by atoms with van der Waals surface area (Å²) in [5.41, 5.74) is 0. The molecule has 0 amide bonds. The van der Waals surface area contributed by atoms with E-state index in [9.17, 15) is 0 Å². The van der Waals surface area contributed by atoms with E-state index in [0.717, 1.165) is 25.6 Å². The Morgan fingerprint density at radius 3 is 2.46 bits per heavy atom. The number of ether oxygens (including phenoxy) is 1. The van der Waals surface area contributed by atoms with Gasteiger partial charge in [0.2, 0.25) is 0 Å². The fourth-order valence-electron chi connectivity index (χ4n) is 1.21. The summed E-state index contributed by atoms with van der Waals surface area (Å²) in [5.74, 6) is 0.730. The van der Waals surface area contributed by atoms with Gasteiger partial charge in [-0.05, 0) is 25.8 Å². The lowest BCUT2D eigenvalue weighted by Gasteiger charge is -2.12. The van der Waals surface area contributed by atoms with Crippen LogP contribution in [0.3, 0.4) is 0 Å². The molecule has 0 fully saturated rings. The van der Waals surface area contributed by atoms with E-state index in [-0.39, 0.29) is 0 Å². The molecule has 1 unspecified atom stereocenters. The van der Waals surface area contributed by atoms with E-state index < -0.39 is 0 Å². The second kappa shape index (κ2) is 8.52. The third-order valence-corrected chi connectivity index (χ3v) is 1.93. The van der Waals surface area contributed by atoms with Crippen LogP contribution in [-0.2, 0) is 4.74 Å². The zero-order chi connectivity index (χ0) is 10.1. The van der Waals surface area contributed by atoms with E-state index in [1.54, 1.807) is 0 Å². The van der Waals surface area contributed by atoms with Crippen LogP contribution < -0.4 is 5.32 Å². The Kier molecular flexibility index (Phi) is 8.46. The Morgan fingerprint density at radius 1 is 1.23 bits per heavy atom. The molecule has 0 saturated carbocycles. The highest BCUT2D eigenvalue weighted by Crippen LogP contribution is 1.99. The number of hydrogen-bond acceptors (Lipinski definition) is 2. The van der Waals surface area contributed by atoms with Crippen LogP contribution in [0.25, 0.3) is 0 Å². The van der Waals surface area contributed by atoms with Crippen molar-refractivity contribution in [3.63, 3.8) is 0 Å². The van der Waals surface area contributed by atoms with Gasteiger partial charge in [-0.25, -0.2) is 0 Å². The summed E-state index contributed by atoms with van der Waals surface area (Å²) in [7, 11) is 0. The van der Waals surface area contributed by atoms with Crippen molar-refractivity contribution >= 4 is 0 Å². The molecule has 0 spiro atoms. The molecular weight excluding hydrogens is 162 g/mol. The van der Waals surface area contributed by atoms with Crippen molar-refractivity contribution in [1.82, 2.24) is 5.32 Å². The topological polar surface area (TPSA) is 21.3 Å². The predicted octanol–water partition coefficient (Wildman–Crippen LogP) is 2.44. The maximum atomic E-state index is 5.60. The first kappa shape index (κ1) is 12.9. The lowest BCUT2D eigenvalue weighted by atomic mass is 10.2. The van der Waals surface area contributed by atoms with Gasteiger partial charge in [-0.1, -0.05) is 27.2 Å². The average molecular weight is 187 g/mol. The largest absolute Gasteiger partial charge is 0.377 e. The molecular formula is C11H25NO. The molecule has 0 aliphatic heterocycles. The highest BCUT2D eigenvalue weighted by Gasteiger charge is 1.99. The maximum Gasteiger partial charge on any atom is 0.0594 e. The molecule has 0 aliphatic rings. The van der Waals surface area contributed by atoms with Gasteiger partial charge in [0.05, 0.1) is 12.7 Å². The molecule has 0 aromatic carbocycles. The van der Waals surface area contributed by atoms with Crippen LogP contribution >= 0.6 is 0 Å². The zero-order valence-electron chi connectivity index (χ0n) is 9.60. The van der Waals surface area contributed by atoms with Gasteiger partial charge in [-0.3, -0.25) is 0 Å². The van der Waals surface area contributed by atoms with Gasteiger partial charge >= 0.3 is 0 Å².